The Bertz CT molecular complexity index is 608. The Morgan fingerprint density at radius 3 is 2.33 bits per heavy atom. The average molecular weight is 327 g/mol. The van der Waals surface area contributed by atoms with Gasteiger partial charge < -0.3 is 10.1 Å². The first-order valence-electron chi connectivity index (χ1n) is 9.35. The first-order chi connectivity index (χ1) is 11.4. The lowest BCUT2D eigenvalue weighted by Gasteiger charge is -2.59. The Hall–Kier alpha value is -1.35. The highest BCUT2D eigenvalue weighted by molar-refractivity contribution is 5.87. The monoisotopic (exact) mass is 327 g/mol. The Balaban J connectivity index is 1.51. The molecule has 3 heteroatoms. The van der Waals surface area contributed by atoms with Crippen molar-refractivity contribution in [1.29, 1.82) is 0 Å². The molecule has 4 bridgehead atoms. The molecule has 5 rings (SSSR count). The first-order valence-corrected chi connectivity index (χ1v) is 9.35. The van der Waals surface area contributed by atoms with E-state index in [4.69, 9.17) is 4.74 Å². The van der Waals surface area contributed by atoms with Crippen molar-refractivity contribution in [2.45, 2.75) is 63.0 Å². The van der Waals surface area contributed by atoms with E-state index in [2.05, 4.69) is 17.4 Å². The lowest BCUT2D eigenvalue weighted by Crippen LogP contribution is -2.63. The summed E-state index contributed by atoms with van der Waals surface area (Å²) in [6, 6.07) is 10.5. The van der Waals surface area contributed by atoms with Gasteiger partial charge in [-0.05, 0) is 69.3 Å². The topological polar surface area (TPSA) is 38.3 Å². The molecule has 1 aromatic rings. The van der Waals surface area contributed by atoms with Crippen LogP contribution in [0.2, 0.25) is 0 Å². The van der Waals surface area contributed by atoms with Crippen molar-refractivity contribution in [2.24, 2.45) is 17.8 Å². The van der Waals surface area contributed by atoms with Crippen LogP contribution in [-0.4, -0.2) is 24.7 Å². The molecule has 4 saturated carbocycles. The SMILES string of the molecule is COC12CC3C[C@H](C1)C(NC(=O)C(C)(C)c1ccccc1)[C@H](C3)C2. The van der Waals surface area contributed by atoms with Crippen molar-refractivity contribution in [2.75, 3.05) is 7.11 Å². The molecule has 3 nitrogen and oxygen atoms in total. The fourth-order valence-corrected chi connectivity index (χ4v) is 5.75. The maximum Gasteiger partial charge on any atom is 0.230 e. The molecule has 2 atom stereocenters. The van der Waals surface area contributed by atoms with Gasteiger partial charge in [0.15, 0.2) is 0 Å². The molecule has 0 aliphatic heterocycles. The summed E-state index contributed by atoms with van der Waals surface area (Å²) in [5.74, 6) is 2.15. The molecular formula is C21H29NO2. The van der Waals surface area contributed by atoms with Crippen LogP contribution >= 0.6 is 0 Å². The van der Waals surface area contributed by atoms with Gasteiger partial charge in [0.2, 0.25) is 5.91 Å². The predicted molar refractivity (Wildman–Crippen MR) is 94.7 cm³/mol. The van der Waals surface area contributed by atoms with Crippen LogP contribution in [0, 0.1) is 17.8 Å². The van der Waals surface area contributed by atoms with Crippen molar-refractivity contribution in [3.63, 3.8) is 0 Å². The fraction of sp³-hybridized carbons (Fsp3) is 0.667. The van der Waals surface area contributed by atoms with Crippen LogP contribution in [0.25, 0.3) is 0 Å². The molecule has 0 saturated heterocycles. The van der Waals surface area contributed by atoms with E-state index in [0.29, 0.717) is 17.9 Å². The van der Waals surface area contributed by atoms with Crippen LogP contribution in [0.1, 0.15) is 51.5 Å². The lowest BCUT2D eigenvalue weighted by atomic mass is 9.52. The second-order valence-electron chi connectivity index (χ2n) is 8.85. The minimum absolute atomic E-state index is 0.104. The standard InChI is InChI=1S/C21H29NO2/c1-20(2,17-7-5-4-6-8-17)19(23)22-18-15-9-14-10-16(18)13-21(11-14,12-15)24-3/h4-8,14-16,18H,9-13H2,1-3H3,(H,22,23)/t14?,15-,16-,18?,21?/m1/s1. The summed E-state index contributed by atoms with van der Waals surface area (Å²) >= 11 is 0. The van der Waals surface area contributed by atoms with E-state index in [1.165, 1.54) is 19.3 Å². The van der Waals surface area contributed by atoms with Gasteiger partial charge in [0.1, 0.15) is 0 Å². The summed E-state index contributed by atoms with van der Waals surface area (Å²) in [6.07, 6.45) is 5.99. The fourth-order valence-electron chi connectivity index (χ4n) is 5.75. The first kappa shape index (κ1) is 16.1. The number of methoxy groups -OCH3 is 1. The van der Waals surface area contributed by atoms with Gasteiger partial charge in [0.25, 0.3) is 0 Å². The predicted octanol–water partition coefficient (Wildman–Crippen LogP) is 3.67. The Morgan fingerprint density at radius 1 is 1.12 bits per heavy atom. The molecular weight excluding hydrogens is 298 g/mol. The maximum atomic E-state index is 13.1. The summed E-state index contributed by atoms with van der Waals surface area (Å²) in [5, 5.41) is 3.45. The van der Waals surface area contributed by atoms with Crippen LogP contribution < -0.4 is 5.32 Å². The number of amides is 1. The number of benzene rings is 1. The van der Waals surface area contributed by atoms with E-state index in [-0.39, 0.29) is 11.5 Å². The van der Waals surface area contributed by atoms with E-state index in [1.807, 2.05) is 39.2 Å². The minimum Gasteiger partial charge on any atom is -0.378 e. The number of ether oxygens (including phenoxy) is 1. The number of hydrogen-bond acceptors (Lipinski definition) is 2. The van der Waals surface area contributed by atoms with Gasteiger partial charge in [-0.15, -0.1) is 0 Å². The molecule has 4 aliphatic carbocycles. The van der Waals surface area contributed by atoms with Crippen molar-refractivity contribution in [1.82, 2.24) is 5.32 Å². The molecule has 130 valence electrons. The third-order valence-corrected chi connectivity index (χ3v) is 7.01. The van der Waals surface area contributed by atoms with Crippen LogP contribution in [0.3, 0.4) is 0 Å². The van der Waals surface area contributed by atoms with Crippen molar-refractivity contribution >= 4 is 5.91 Å². The summed E-state index contributed by atoms with van der Waals surface area (Å²) in [6.45, 7) is 4.06. The number of nitrogens with one attached hydrogen (secondary N) is 1. The normalized spacial score (nSPS) is 37.5. The van der Waals surface area contributed by atoms with E-state index in [9.17, 15) is 4.79 Å². The molecule has 0 unspecified atom stereocenters. The summed E-state index contributed by atoms with van der Waals surface area (Å²) in [4.78, 5) is 13.1. The molecule has 1 N–H and O–H groups in total. The van der Waals surface area contributed by atoms with Crippen molar-refractivity contribution in [3.05, 3.63) is 35.9 Å². The van der Waals surface area contributed by atoms with Crippen LogP contribution in [-0.2, 0) is 14.9 Å². The average Bonchev–Trinajstić information content (AvgIpc) is 2.58. The second kappa shape index (κ2) is 5.59. The van der Waals surface area contributed by atoms with Crippen LogP contribution in [0.4, 0.5) is 0 Å². The molecule has 0 spiro atoms. The van der Waals surface area contributed by atoms with Crippen LogP contribution in [0.15, 0.2) is 30.3 Å². The molecule has 0 radical (unpaired) electrons. The van der Waals surface area contributed by atoms with Gasteiger partial charge >= 0.3 is 0 Å². The molecule has 0 aromatic heterocycles. The van der Waals surface area contributed by atoms with Gasteiger partial charge in [-0.1, -0.05) is 30.3 Å². The molecule has 4 fully saturated rings. The summed E-state index contributed by atoms with van der Waals surface area (Å²) in [5.41, 5.74) is 0.696. The zero-order valence-electron chi connectivity index (χ0n) is 15.0. The number of carbonyl (C=O) groups excluding carboxylic acids is 1. The van der Waals surface area contributed by atoms with Gasteiger partial charge in [-0.25, -0.2) is 0 Å². The Morgan fingerprint density at radius 2 is 1.75 bits per heavy atom. The highest BCUT2D eigenvalue weighted by Crippen LogP contribution is 2.57. The Kier molecular flexibility index (Phi) is 3.76. The van der Waals surface area contributed by atoms with E-state index < -0.39 is 5.41 Å². The lowest BCUT2D eigenvalue weighted by molar-refractivity contribution is -0.161. The molecule has 24 heavy (non-hydrogen) atoms. The summed E-state index contributed by atoms with van der Waals surface area (Å²) < 4.78 is 5.93. The summed E-state index contributed by atoms with van der Waals surface area (Å²) in [7, 11) is 1.87. The highest BCUT2D eigenvalue weighted by Gasteiger charge is 2.56. The third-order valence-electron chi connectivity index (χ3n) is 7.01. The third kappa shape index (κ3) is 2.48. The number of rotatable bonds is 4. The zero-order chi connectivity index (χ0) is 16.9. The Labute approximate surface area is 145 Å². The zero-order valence-corrected chi connectivity index (χ0v) is 15.0. The van der Waals surface area contributed by atoms with E-state index >= 15 is 0 Å². The molecule has 4 aliphatic rings. The smallest absolute Gasteiger partial charge is 0.230 e. The quantitative estimate of drug-likeness (QED) is 0.916. The van der Waals surface area contributed by atoms with Crippen molar-refractivity contribution < 1.29 is 9.53 Å². The molecule has 0 heterocycles. The highest BCUT2D eigenvalue weighted by atomic mass is 16.5. The molecule has 1 amide bonds. The number of carbonyl (C=O) groups is 1. The van der Waals surface area contributed by atoms with Gasteiger partial charge in [-0.2, -0.15) is 0 Å². The van der Waals surface area contributed by atoms with E-state index in [0.717, 1.165) is 24.3 Å². The second-order valence-corrected chi connectivity index (χ2v) is 8.85. The largest absolute Gasteiger partial charge is 0.378 e. The van der Waals surface area contributed by atoms with Crippen LogP contribution in [0.5, 0.6) is 0 Å². The van der Waals surface area contributed by atoms with E-state index in [1.54, 1.807) is 0 Å². The maximum absolute atomic E-state index is 13.1. The minimum atomic E-state index is -0.491. The molecule has 1 aromatic carbocycles. The number of hydrogen-bond donors (Lipinski definition) is 1. The van der Waals surface area contributed by atoms with Gasteiger partial charge in [-0.3, -0.25) is 4.79 Å². The van der Waals surface area contributed by atoms with Gasteiger partial charge in [0, 0.05) is 13.2 Å². The van der Waals surface area contributed by atoms with Crippen molar-refractivity contribution in [3.8, 4) is 0 Å². The van der Waals surface area contributed by atoms with Gasteiger partial charge in [0.05, 0.1) is 11.0 Å².